The van der Waals surface area contributed by atoms with E-state index in [1.54, 1.807) is 9.80 Å². The maximum absolute atomic E-state index is 13.3. The molecule has 2 saturated heterocycles. The number of urea groups is 1. The molecule has 2 heterocycles. The van der Waals surface area contributed by atoms with Crippen molar-refractivity contribution in [2.24, 2.45) is 0 Å². The number of hydrogen-bond acceptors (Lipinski definition) is 4. The summed E-state index contributed by atoms with van der Waals surface area (Å²) in [5.74, 6) is -0.263. The smallest absolute Gasteiger partial charge is 0.325 e. The van der Waals surface area contributed by atoms with Crippen LogP contribution in [0.5, 0.6) is 0 Å². The number of fused-ring (bicyclic) bond motifs is 1. The molecule has 0 radical (unpaired) electrons. The zero-order valence-electron chi connectivity index (χ0n) is 17.7. The van der Waals surface area contributed by atoms with E-state index in [0.717, 1.165) is 24.0 Å². The van der Waals surface area contributed by atoms with Gasteiger partial charge in [-0.1, -0.05) is 19.9 Å². The Morgan fingerprint density at radius 1 is 1.03 bits per heavy atom. The van der Waals surface area contributed by atoms with Gasteiger partial charge in [0.05, 0.1) is 23.6 Å². The van der Waals surface area contributed by atoms with Crippen molar-refractivity contribution >= 4 is 27.5 Å². The average molecular weight is 422 g/mol. The zero-order valence-corrected chi connectivity index (χ0v) is 18.5. The van der Waals surface area contributed by atoms with E-state index in [1.807, 2.05) is 45.9 Å². The van der Waals surface area contributed by atoms with Gasteiger partial charge in [0.2, 0.25) is 5.91 Å². The highest BCUT2D eigenvalue weighted by Crippen LogP contribution is 2.35. The summed E-state index contributed by atoms with van der Waals surface area (Å²) >= 11 is 0. The number of aryl methyl sites for hydroxylation is 2. The summed E-state index contributed by atoms with van der Waals surface area (Å²) in [5, 5.41) is 0. The third-order valence-electron chi connectivity index (χ3n) is 5.61. The minimum Gasteiger partial charge on any atom is -0.341 e. The molecule has 0 unspecified atom stereocenters. The van der Waals surface area contributed by atoms with Crippen molar-refractivity contribution in [3.8, 4) is 0 Å². The number of sulfone groups is 1. The van der Waals surface area contributed by atoms with Crippen LogP contribution in [0.2, 0.25) is 0 Å². The van der Waals surface area contributed by atoms with Crippen LogP contribution in [0.25, 0.3) is 0 Å². The van der Waals surface area contributed by atoms with Gasteiger partial charge in [0.25, 0.3) is 0 Å². The second-order valence-electron chi connectivity index (χ2n) is 8.22. The van der Waals surface area contributed by atoms with Gasteiger partial charge in [-0.25, -0.2) is 13.2 Å². The number of anilines is 1. The topological polar surface area (TPSA) is 78.0 Å². The Kier molecular flexibility index (Phi) is 6.22. The summed E-state index contributed by atoms with van der Waals surface area (Å²) in [7, 11) is -3.26. The summed E-state index contributed by atoms with van der Waals surface area (Å²) in [4.78, 5) is 31.0. The second kappa shape index (κ2) is 8.34. The maximum Gasteiger partial charge on any atom is 0.325 e. The predicted octanol–water partition coefficient (Wildman–Crippen LogP) is 2.36. The molecule has 3 rings (SSSR count). The molecule has 0 bridgehead atoms. The third kappa shape index (κ3) is 4.42. The molecule has 1 aromatic carbocycles. The Morgan fingerprint density at radius 2 is 1.59 bits per heavy atom. The molecule has 8 heteroatoms. The Bertz CT molecular complexity index is 873. The lowest BCUT2D eigenvalue weighted by molar-refractivity contribution is -0.132. The maximum atomic E-state index is 13.3. The van der Waals surface area contributed by atoms with Crippen LogP contribution >= 0.6 is 0 Å². The zero-order chi connectivity index (χ0) is 21.3. The summed E-state index contributed by atoms with van der Waals surface area (Å²) < 4.78 is 24.7. The monoisotopic (exact) mass is 421 g/mol. The Balaban J connectivity index is 1.92. The molecular formula is C21H31N3O4S. The number of amides is 3. The predicted molar refractivity (Wildman–Crippen MR) is 114 cm³/mol. The first kappa shape index (κ1) is 21.6. The minimum atomic E-state index is -3.26. The van der Waals surface area contributed by atoms with Crippen LogP contribution in [0.1, 0.15) is 37.8 Å². The molecule has 160 valence electrons. The first-order chi connectivity index (χ1) is 13.7. The molecule has 2 aliphatic rings. The van der Waals surface area contributed by atoms with E-state index in [9.17, 15) is 18.0 Å². The van der Waals surface area contributed by atoms with Crippen molar-refractivity contribution in [3.63, 3.8) is 0 Å². The van der Waals surface area contributed by atoms with Crippen molar-refractivity contribution in [2.75, 3.05) is 36.0 Å². The van der Waals surface area contributed by atoms with Crippen LogP contribution in [0.4, 0.5) is 10.5 Å². The van der Waals surface area contributed by atoms with E-state index in [2.05, 4.69) is 0 Å². The molecule has 2 aliphatic heterocycles. The summed E-state index contributed by atoms with van der Waals surface area (Å²) in [6, 6.07) is 4.61. The van der Waals surface area contributed by atoms with Gasteiger partial charge in [0, 0.05) is 18.8 Å². The fraction of sp³-hybridized carbons (Fsp3) is 0.619. The van der Waals surface area contributed by atoms with Crippen molar-refractivity contribution in [2.45, 2.75) is 52.6 Å². The van der Waals surface area contributed by atoms with Crippen molar-refractivity contribution in [1.82, 2.24) is 9.80 Å². The molecule has 3 amide bonds. The standard InChI is InChI=1S/C21H31N3O4S/c1-5-7-22(8-6-2)20(25)12-23-18-13-29(27,28)14-19(18)24(21(23)26)17-10-15(3)9-16(4)11-17/h9-11,18-19H,5-8,12-14H2,1-4H3/t18-,19+/m1/s1. The van der Waals surface area contributed by atoms with Crippen LogP contribution in [0, 0.1) is 13.8 Å². The lowest BCUT2D eigenvalue weighted by Crippen LogP contribution is -2.46. The SMILES string of the molecule is CCCN(CCC)C(=O)CN1C(=O)N(c2cc(C)cc(C)c2)[C@H]2CS(=O)(=O)C[C@H]21. The van der Waals surface area contributed by atoms with Gasteiger partial charge >= 0.3 is 6.03 Å². The van der Waals surface area contributed by atoms with Gasteiger partial charge in [-0.15, -0.1) is 0 Å². The van der Waals surface area contributed by atoms with E-state index in [-0.39, 0.29) is 30.0 Å². The minimum absolute atomic E-state index is 0.0608. The number of carbonyl (C=O) groups is 2. The van der Waals surface area contributed by atoms with E-state index >= 15 is 0 Å². The molecule has 1 aromatic rings. The highest BCUT2D eigenvalue weighted by atomic mass is 32.2. The molecule has 0 aliphatic carbocycles. The number of benzene rings is 1. The highest BCUT2D eigenvalue weighted by Gasteiger charge is 2.54. The summed E-state index contributed by atoms with van der Waals surface area (Å²) in [6.07, 6.45) is 1.68. The molecule has 2 fully saturated rings. The third-order valence-corrected chi connectivity index (χ3v) is 7.31. The van der Waals surface area contributed by atoms with Gasteiger partial charge in [0.15, 0.2) is 9.84 Å². The average Bonchev–Trinajstić information content (AvgIpc) is 3.04. The van der Waals surface area contributed by atoms with E-state index in [0.29, 0.717) is 18.8 Å². The molecule has 0 N–H and O–H groups in total. The van der Waals surface area contributed by atoms with Gasteiger partial charge < -0.3 is 9.80 Å². The van der Waals surface area contributed by atoms with Gasteiger partial charge in [-0.05, 0) is 49.9 Å². The van der Waals surface area contributed by atoms with Crippen LogP contribution in [0.15, 0.2) is 18.2 Å². The number of hydrogen-bond donors (Lipinski definition) is 0. The largest absolute Gasteiger partial charge is 0.341 e. The lowest BCUT2D eigenvalue weighted by atomic mass is 10.1. The van der Waals surface area contributed by atoms with Crippen molar-refractivity contribution in [1.29, 1.82) is 0 Å². The fourth-order valence-corrected chi connectivity index (χ4v) is 6.45. The van der Waals surface area contributed by atoms with Crippen LogP contribution < -0.4 is 4.90 Å². The van der Waals surface area contributed by atoms with E-state index in [4.69, 9.17) is 0 Å². The lowest BCUT2D eigenvalue weighted by Gasteiger charge is -2.27. The number of rotatable bonds is 7. The first-order valence-corrected chi connectivity index (χ1v) is 12.1. The van der Waals surface area contributed by atoms with Crippen molar-refractivity contribution < 1.29 is 18.0 Å². The van der Waals surface area contributed by atoms with Gasteiger partial charge in [-0.3, -0.25) is 9.69 Å². The Labute approximate surface area is 173 Å². The van der Waals surface area contributed by atoms with Gasteiger partial charge in [-0.2, -0.15) is 0 Å². The fourth-order valence-electron chi connectivity index (χ4n) is 4.50. The van der Waals surface area contributed by atoms with E-state index in [1.165, 1.54) is 4.90 Å². The molecular weight excluding hydrogens is 390 g/mol. The molecule has 0 aromatic heterocycles. The summed E-state index contributed by atoms with van der Waals surface area (Å²) in [5.41, 5.74) is 2.72. The number of carbonyl (C=O) groups excluding carboxylic acids is 2. The van der Waals surface area contributed by atoms with Crippen LogP contribution in [-0.2, 0) is 14.6 Å². The normalized spacial score (nSPS) is 22.8. The quantitative estimate of drug-likeness (QED) is 0.633. The van der Waals surface area contributed by atoms with Gasteiger partial charge in [0.1, 0.15) is 6.54 Å². The van der Waals surface area contributed by atoms with Crippen LogP contribution in [0.3, 0.4) is 0 Å². The Morgan fingerprint density at radius 3 is 2.14 bits per heavy atom. The second-order valence-corrected chi connectivity index (χ2v) is 10.4. The summed E-state index contributed by atoms with van der Waals surface area (Å²) in [6.45, 7) is 9.14. The van der Waals surface area contributed by atoms with E-state index < -0.39 is 21.9 Å². The van der Waals surface area contributed by atoms with Crippen LogP contribution in [-0.4, -0.2) is 73.4 Å². The molecule has 7 nitrogen and oxygen atoms in total. The first-order valence-electron chi connectivity index (χ1n) is 10.3. The number of nitrogens with zero attached hydrogens (tertiary/aromatic N) is 3. The Hall–Kier alpha value is -2.09. The molecule has 29 heavy (non-hydrogen) atoms. The molecule has 2 atom stereocenters. The highest BCUT2D eigenvalue weighted by molar-refractivity contribution is 7.91. The van der Waals surface area contributed by atoms with Crippen molar-refractivity contribution in [3.05, 3.63) is 29.3 Å². The molecule has 0 saturated carbocycles. The molecule has 0 spiro atoms.